The SMILES string of the molecule is CN1CCC([NH2+]C=C(C=N)c2cnc3ccc(NC(=O)NC4(C)CCCC4)nc3c2)CC1. The number of hydrogen-bond acceptors (Lipinski definition) is 5. The molecule has 0 bridgehead atoms. The highest BCUT2D eigenvalue weighted by Gasteiger charge is 2.30. The molecule has 2 aromatic heterocycles. The van der Waals surface area contributed by atoms with Gasteiger partial charge < -0.3 is 20.9 Å². The van der Waals surface area contributed by atoms with Crippen LogP contribution < -0.4 is 16.0 Å². The summed E-state index contributed by atoms with van der Waals surface area (Å²) in [4.78, 5) is 23.9. The van der Waals surface area contributed by atoms with Crippen molar-refractivity contribution in [3.05, 3.63) is 36.2 Å². The monoisotopic (exact) mass is 436 g/mol. The number of nitrogens with one attached hydrogen (secondary N) is 3. The number of hydrogen-bond donors (Lipinski definition) is 4. The Kier molecular flexibility index (Phi) is 6.81. The van der Waals surface area contributed by atoms with E-state index >= 15 is 0 Å². The minimum atomic E-state index is -0.224. The van der Waals surface area contributed by atoms with E-state index in [4.69, 9.17) is 5.41 Å². The molecule has 2 aliphatic rings. The standard InChI is InChI=1S/C24H33N7O/c1-24(9-3-4-10-24)30-23(32)29-22-6-5-20-21(28-22)13-17(15-27-20)18(14-25)16-26-19-7-11-31(2)12-8-19/h5-6,13-16,19,25-26H,3-4,7-12H2,1-2H3,(H2,28,29,30,32)/p+1. The van der Waals surface area contributed by atoms with Gasteiger partial charge in [-0.1, -0.05) is 12.8 Å². The lowest BCUT2D eigenvalue weighted by molar-refractivity contribution is -0.628. The average molecular weight is 437 g/mol. The van der Waals surface area contributed by atoms with Gasteiger partial charge in [0.1, 0.15) is 12.0 Å². The van der Waals surface area contributed by atoms with Crippen molar-refractivity contribution < 1.29 is 10.1 Å². The van der Waals surface area contributed by atoms with Crippen LogP contribution in [0.4, 0.5) is 10.6 Å². The van der Waals surface area contributed by atoms with Crippen molar-refractivity contribution in [2.24, 2.45) is 0 Å². The van der Waals surface area contributed by atoms with E-state index in [2.05, 4.69) is 44.8 Å². The van der Waals surface area contributed by atoms with Crippen molar-refractivity contribution >= 4 is 34.7 Å². The van der Waals surface area contributed by atoms with Gasteiger partial charge in [-0.2, -0.15) is 0 Å². The molecule has 2 fully saturated rings. The molecule has 2 aromatic rings. The molecule has 170 valence electrons. The number of fused-ring (bicyclic) bond motifs is 1. The van der Waals surface area contributed by atoms with E-state index < -0.39 is 0 Å². The fourth-order valence-corrected chi connectivity index (χ4v) is 4.62. The van der Waals surface area contributed by atoms with Crippen LogP contribution in [0.25, 0.3) is 16.6 Å². The van der Waals surface area contributed by atoms with Gasteiger partial charge >= 0.3 is 6.03 Å². The van der Waals surface area contributed by atoms with Gasteiger partial charge in [0, 0.05) is 49.4 Å². The number of rotatable bonds is 6. The highest BCUT2D eigenvalue weighted by atomic mass is 16.2. The van der Waals surface area contributed by atoms with Gasteiger partial charge in [0.05, 0.1) is 22.6 Å². The van der Waals surface area contributed by atoms with Crippen molar-refractivity contribution in [1.29, 1.82) is 5.41 Å². The molecule has 0 unspecified atom stereocenters. The van der Waals surface area contributed by atoms with Crippen molar-refractivity contribution in [3.63, 3.8) is 0 Å². The number of aromatic nitrogens is 2. The topological polar surface area (TPSA) is 111 Å². The first-order valence-corrected chi connectivity index (χ1v) is 11.5. The number of carbonyl (C=O) groups is 1. The summed E-state index contributed by atoms with van der Waals surface area (Å²) in [5.74, 6) is 0.494. The van der Waals surface area contributed by atoms with E-state index in [1.165, 1.54) is 6.21 Å². The second-order valence-corrected chi connectivity index (χ2v) is 9.41. The largest absolute Gasteiger partial charge is 0.333 e. The Hall–Kier alpha value is -2.84. The molecule has 1 aliphatic heterocycles. The summed E-state index contributed by atoms with van der Waals surface area (Å²) < 4.78 is 0. The minimum Gasteiger partial charge on any atom is -0.333 e. The molecule has 5 N–H and O–H groups in total. The molecular weight excluding hydrogens is 402 g/mol. The van der Waals surface area contributed by atoms with Gasteiger partial charge in [0.2, 0.25) is 0 Å². The Balaban J connectivity index is 1.46. The number of pyridine rings is 2. The van der Waals surface area contributed by atoms with Gasteiger partial charge in [-0.15, -0.1) is 0 Å². The van der Waals surface area contributed by atoms with Crippen LogP contribution in [0.2, 0.25) is 0 Å². The van der Waals surface area contributed by atoms with Crippen molar-refractivity contribution in [3.8, 4) is 0 Å². The molecule has 1 saturated carbocycles. The maximum atomic E-state index is 12.5. The van der Waals surface area contributed by atoms with E-state index in [1.807, 2.05) is 18.3 Å². The van der Waals surface area contributed by atoms with Gasteiger partial charge in [-0.25, -0.2) is 9.78 Å². The van der Waals surface area contributed by atoms with Crippen LogP contribution in [0.3, 0.4) is 0 Å². The van der Waals surface area contributed by atoms with Gasteiger partial charge in [0.15, 0.2) is 0 Å². The van der Waals surface area contributed by atoms with Crippen LogP contribution in [-0.4, -0.2) is 58.8 Å². The van der Waals surface area contributed by atoms with Crippen molar-refractivity contribution in [1.82, 2.24) is 20.2 Å². The molecular formula is C24H34N7O+. The second kappa shape index (κ2) is 9.75. The predicted octanol–water partition coefficient (Wildman–Crippen LogP) is 2.73. The summed E-state index contributed by atoms with van der Waals surface area (Å²) >= 11 is 0. The van der Waals surface area contributed by atoms with Crippen molar-refractivity contribution in [2.75, 3.05) is 25.5 Å². The maximum absolute atomic E-state index is 12.5. The third-order valence-corrected chi connectivity index (χ3v) is 6.70. The number of nitrogens with two attached hydrogens (primary N) is 1. The zero-order valence-corrected chi connectivity index (χ0v) is 19.0. The summed E-state index contributed by atoms with van der Waals surface area (Å²) in [7, 11) is 2.16. The summed E-state index contributed by atoms with van der Waals surface area (Å²) in [5.41, 5.74) is 2.98. The van der Waals surface area contributed by atoms with Gasteiger partial charge in [0.25, 0.3) is 0 Å². The van der Waals surface area contributed by atoms with Crippen LogP contribution in [0, 0.1) is 5.41 Å². The zero-order valence-electron chi connectivity index (χ0n) is 19.0. The molecule has 1 saturated heterocycles. The third-order valence-electron chi connectivity index (χ3n) is 6.70. The number of piperidine rings is 1. The normalized spacial score (nSPS) is 19.8. The number of nitrogens with zero attached hydrogens (tertiary/aromatic N) is 3. The van der Waals surface area contributed by atoms with Crippen LogP contribution in [0.1, 0.15) is 51.0 Å². The van der Waals surface area contributed by atoms with Crippen molar-refractivity contribution in [2.45, 2.75) is 57.0 Å². The predicted molar refractivity (Wildman–Crippen MR) is 128 cm³/mol. The zero-order chi connectivity index (χ0) is 22.6. The number of urea groups is 1. The summed E-state index contributed by atoms with van der Waals surface area (Å²) in [6, 6.07) is 5.88. The summed E-state index contributed by atoms with van der Waals surface area (Å²) in [6.45, 7) is 4.31. The van der Waals surface area contributed by atoms with E-state index in [-0.39, 0.29) is 11.6 Å². The lowest BCUT2D eigenvalue weighted by Gasteiger charge is -2.26. The fraction of sp³-hybridized carbons (Fsp3) is 0.500. The van der Waals surface area contributed by atoms with Crippen LogP contribution in [0.15, 0.2) is 30.6 Å². The molecule has 8 heteroatoms. The number of likely N-dealkylation sites (tertiary alicyclic amines) is 1. The van der Waals surface area contributed by atoms with E-state index in [9.17, 15) is 4.79 Å². The lowest BCUT2D eigenvalue weighted by atomic mass is 10.0. The molecule has 32 heavy (non-hydrogen) atoms. The molecule has 0 atom stereocenters. The molecule has 0 aromatic carbocycles. The number of amides is 2. The van der Waals surface area contributed by atoms with Gasteiger partial charge in [-0.05, 0) is 45.0 Å². The molecule has 1 aliphatic carbocycles. The molecule has 8 nitrogen and oxygen atoms in total. The first-order valence-electron chi connectivity index (χ1n) is 11.5. The van der Waals surface area contributed by atoms with E-state index in [1.54, 1.807) is 12.3 Å². The molecule has 0 spiro atoms. The maximum Gasteiger partial charge on any atom is 0.320 e. The Morgan fingerprint density at radius 1 is 1.25 bits per heavy atom. The number of carbonyl (C=O) groups excluding carboxylic acids is 1. The first-order chi connectivity index (χ1) is 15.4. The highest BCUT2D eigenvalue weighted by Crippen LogP contribution is 2.29. The van der Waals surface area contributed by atoms with Crippen LogP contribution in [-0.2, 0) is 0 Å². The van der Waals surface area contributed by atoms with Gasteiger partial charge in [-0.3, -0.25) is 10.3 Å². The molecule has 4 rings (SSSR count). The summed E-state index contributed by atoms with van der Waals surface area (Å²) in [5, 5.41) is 16.1. The smallest absolute Gasteiger partial charge is 0.320 e. The number of allylic oxidation sites excluding steroid dienone is 1. The quantitative estimate of drug-likeness (QED) is 0.522. The first kappa shape index (κ1) is 22.4. The Morgan fingerprint density at radius 3 is 2.72 bits per heavy atom. The second-order valence-electron chi connectivity index (χ2n) is 9.41. The van der Waals surface area contributed by atoms with E-state index in [0.717, 1.165) is 68.3 Å². The molecule has 3 heterocycles. The number of quaternary nitrogens is 1. The third kappa shape index (κ3) is 5.49. The minimum absolute atomic E-state index is 0.135. The van der Waals surface area contributed by atoms with Crippen LogP contribution in [0.5, 0.6) is 0 Å². The number of anilines is 1. The summed E-state index contributed by atoms with van der Waals surface area (Å²) in [6.07, 6.45) is 11.8. The Bertz CT molecular complexity index is 1000. The molecule has 0 radical (unpaired) electrons. The van der Waals surface area contributed by atoms with E-state index in [0.29, 0.717) is 17.4 Å². The molecule has 2 amide bonds. The Morgan fingerprint density at radius 2 is 2.00 bits per heavy atom. The average Bonchev–Trinajstić information content (AvgIpc) is 3.20. The fourth-order valence-electron chi connectivity index (χ4n) is 4.62. The highest BCUT2D eigenvalue weighted by molar-refractivity contribution is 6.08. The lowest BCUT2D eigenvalue weighted by Crippen LogP contribution is -2.86. The Labute approximate surface area is 189 Å². The van der Waals surface area contributed by atoms with Crippen LogP contribution >= 0.6 is 0 Å².